The van der Waals surface area contributed by atoms with Gasteiger partial charge >= 0.3 is 0 Å². The monoisotopic (exact) mass is 572 g/mol. The minimum atomic E-state index is -1.36. The number of nitrogens with zero attached hydrogens (tertiary/aromatic N) is 3. The fourth-order valence-corrected chi connectivity index (χ4v) is 4.31. The SMILES string of the molecule is Nc1nccc(Oc2ccc(NC(=O)C3=CC=CN(c4ccc(F)cc4)C3O)cc2F)c1C#CC(=O)N1CCNCC1. The number of nitrogen functional groups attached to an aromatic ring is 1. The number of allylic oxidation sites excluding steroid dienone is 2. The van der Waals surface area contributed by atoms with Crippen molar-refractivity contribution in [3.8, 4) is 23.3 Å². The van der Waals surface area contributed by atoms with E-state index in [1.807, 2.05) is 0 Å². The number of benzene rings is 2. The molecule has 2 aliphatic heterocycles. The molecule has 2 aromatic carbocycles. The lowest BCUT2D eigenvalue weighted by atomic mass is 10.1. The predicted molar refractivity (Wildman–Crippen MR) is 152 cm³/mol. The summed E-state index contributed by atoms with van der Waals surface area (Å²) in [6.07, 6.45) is 4.54. The molecule has 42 heavy (non-hydrogen) atoms. The number of pyridine rings is 1. The standard InChI is InChI=1S/C30H26F2N6O4/c31-19-3-6-21(7-4-19)38-15-1-2-23(30(38)41)29(40)36-20-5-9-26(24(32)18-20)42-25-11-12-35-28(33)22(25)8-10-27(39)37-16-13-34-14-17-37/h1-7,9,11-12,15,18,30,34,41H,13-14,16-17H2,(H2,33,35)(H,36,40). The van der Waals surface area contributed by atoms with Gasteiger partial charge in [-0.05, 0) is 54.5 Å². The Labute approximate surface area is 240 Å². The number of aliphatic hydroxyl groups excluding tert-OH is 1. The van der Waals surface area contributed by atoms with Crippen LogP contribution in [0.5, 0.6) is 11.5 Å². The number of halogens is 2. The Balaban J connectivity index is 1.28. The van der Waals surface area contributed by atoms with E-state index in [0.29, 0.717) is 31.9 Å². The summed E-state index contributed by atoms with van der Waals surface area (Å²) in [5.74, 6) is 2.91. The van der Waals surface area contributed by atoms with Crippen LogP contribution in [0.2, 0.25) is 0 Å². The topological polar surface area (TPSA) is 133 Å². The highest BCUT2D eigenvalue weighted by Gasteiger charge is 2.26. The first kappa shape index (κ1) is 28.3. The second-order valence-electron chi connectivity index (χ2n) is 9.28. The third-order valence-corrected chi connectivity index (χ3v) is 6.50. The van der Waals surface area contributed by atoms with Crippen LogP contribution in [0, 0.1) is 23.5 Å². The van der Waals surface area contributed by atoms with Crippen molar-refractivity contribution in [3.63, 3.8) is 0 Å². The summed E-state index contributed by atoms with van der Waals surface area (Å²) in [6, 6.07) is 10.6. The van der Waals surface area contributed by atoms with E-state index in [-0.39, 0.29) is 40.0 Å². The molecule has 5 rings (SSSR count). The molecular formula is C30H26F2N6O4. The van der Waals surface area contributed by atoms with E-state index < -0.39 is 23.8 Å². The summed E-state index contributed by atoms with van der Waals surface area (Å²) in [5.41, 5.74) is 6.68. The van der Waals surface area contributed by atoms with E-state index >= 15 is 4.39 Å². The molecule has 0 saturated carbocycles. The van der Waals surface area contributed by atoms with Gasteiger partial charge in [0.2, 0.25) is 0 Å². The normalized spacial score (nSPS) is 16.3. The van der Waals surface area contributed by atoms with Crippen molar-refractivity contribution in [1.29, 1.82) is 0 Å². The largest absolute Gasteiger partial charge is 0.453 e. The number of piperazine rings is 1. The zero-order valence-electron chi connectivity index (χ0n) is 22.2. The van der Waals surface area contributed by atoms with E-state index in [1.165, 1.54) is 59.6 Å². The molecule has 5 N–H and O–H groups in total. The molecule has 1 saturated heterocycles. The second kappa shape index (κ2) is 12.5. The van der Waals surface area contributed by atoms with E-state index in [2.05, 4.69) is 27.5 Å². The number of hydrogen-bond donors (Lipinski definition) is 4. The summed E-state index contributed by atoms with van der Waals surface area (Å²) < 4.78 is 34.1. The molecule has 0 spiro atoms. The van der Waals surface area contributed by atoms with E-state index in [4.69, 9.17) is 10.5 Å². The quantitative estimate of drug-likeness (QED) is 0.343. The minimum absolute atomic E-state index is 0.00611. The Hall–Kier alpha value is -5.25. The van der Waals surface area contributed by atoms with Gasteiger partial charge in [0.05, 0.1) is 5.57 Å². The van der Waals surface area contributed by atoms with E-state index in [0.717, 1.165) is 6.07 Å². The van der Waals surface area contributed by atoms with Crippen molar-refractivity contribution < 1.29 is 28.2 Å². The van der Waals surface area contributed by atoms with Crippen molar-refractivity contribution in [2.75, 3.05) is 42.1 Å². The predicted octanol–water partition coefficient (Wildman–Crippen LogP) is 2.73. The Kier molecular flexibility index (Phi) is 8.42. The molecular weight excluding hydrogens is 546 g/mol. The average Bonchev–Trinajstić information content (AvgIpc) is 2.99. The fourth-order valence-electron chi connectivity index (χ4n) is 4.31. The van der Waals surface area contributed by atoms with Crippen LogP contribution in [-0.2, 0) is 9.59 Å². The number of aliphatic hydroxyl groups is 1. The first-order valence-corrected chi connectivity index (χ1v) is 13.0. The summed E-state index contributed by atoms with van der Waals surface area (Å²) >= 11 is 0. The van der Waals surface area contributed by atoms with Crippen LogP contribution < -0.4 is 26.0 Å². The Morgan fingerprint density at radius 3 is 2.60 bits per heavy atom. The fraction of sp³-hybridized carbons (Fsp3) is 0.167. The molecule has 12 heteroatoms. The molecule has 1 unspecified atom stereocenters. The van der Waals surface area contributed by atoms with Crippen LogP contribution in [0.15, 0.2) is 78.7 Å². The lowest BCUT2D eigenvalue weighted by molar-refractivity contribution is -0.125. The number of amides is 2. The number of rotatable bonds is 5. The van der Waals surface area contributed by atoms with Crippen LogP contribution in [0.4, 0.5) is 26.0 Å². The maximum Gasteiger partial charge on any atom is 0.298 e. The summed E-state index contributed by atoms with van der Waals surface area (Å²) in [7, 11) is 0. The number of carbonyl (C=O) groups is 2. The number of nitrogens with two attached hydrogens (primary N) is 1. The van der Waals surface area contributed by atoms with Gasteiger partial charge in [0.25, 0.3) is 11.8 Å². The summed E-state index contributed by atoms with van der Waals surface area (Å²) in [6.45, 7) is 2.42. The van der Waals surface area contributed by atoms with E-state index in [9.17, 15) is 19.1 Å². The lowest BCUT2D eigenvalue weighted by Crippen LogP contribution is -2.46. The van der Waals surface area contributed by atoms with Crippen molar-refractivity contribution in [2.24, 2.45) is 0 Å². The van der Waals surface area contributed by atoms with Gasteiger partial charge < -0.3 is 36.0 Å². The molecule has 2 amide bonds. The third kappa shape index (κ3) is 6.38. The molecule has 2 aliphatic rings. The number of hydrogen-bond acceptors (Lipinski definition) is 8. The summed E-state index contributed by atoms with van der Waals surface area (Å²) in [5, 5.41) is 16.5. The van der Waals surface area contributed by atoms with Gasteiger partial charge in [-0.1, -0.05) is 0 Å². The molecule has 3 heterocycles. The summed E-state index contributed by atoms with van der Waals surface area (Å²) in [4.78, 5) is 32.4. The van der Waals surface area contributed by atoms with Crippen LogP contribution >= 0.6 is 0 Å². The highest BCUT2D eigenvalue weighted by Crippen LogP contribution is 2.31. The zero-order chi connectivity index (χ0) is 29.6. The Morgan fingerprint density at radius 1 is 1.10 bits per heavy atom. The molecule has 1 fully saturated rings. The average molecular weight is 573 g/mol. The van der Waals surface area contributed by atoms with Crippen LogP contribution in [-0.4, -0.2) is 59.2 Å². The van der Waals surface area contributed by atoms with Crippen molar-refractivity contribution in [1.82, 2.24) is 15.2 Å². The minimum Gasteiger partial charge on any atom is -0.453 e. The van der Waals surface area contributed by atoms with Gasteiger partial charge in [-0.15, -0.1) is 0 Å². The van der Waals surface area contributed by atoms with Gasteiger partial charge in [-0.25, -0.2) is 13.8 Å². The number of ether oxygens (including phenoxy) is 1. The van der Waals surface area contributed by atoms with Crippen molar-refractivity contribution in [2.45, 2.75) is 6.23 Å². The van der Waals surface area contributed by atoms with Gasteiger partial charge in [-0.2, -0.15) is 0 Å². The first-order valence-electron chi connectivity index (χ1n) is 13.0. The number of anilines is 3. The van der Waals surface area contributed by atoms with Crippen molar-refractivity contribution in [3.05, 3.63) is 95.9 Å². The van der Waals surface area contributed by atoms with Crippen LogP contribution in [0.25, 0.3) is 0 Å². The second-order valence-corrected chi connectivity index (χ2v) is 9.28. The van der Waals surface area contributed by atoms with Crippen LogP contribution in [0.3, 0.4) is 0 Å². The highest BCUT2D eigenvalue weighted by molar-refractivity contribution is 6.05. The molecule has 0 aliphatic carbocycles. The molecule has 1 atom stereocenters. The smallest absolute Gasteiger partial charge is 0.298 e. The Bertz CT molecular complexity index is 1620. The van der Waals surface area contributed by atoms with Gasteiger partial charge in [0.1, 0.15) is 22.9 Å². The van der Waals surface area contributed by atoms with Crippen molar-refractivity contribution >= 4 is 29.0 Å². The van der Waals surface area contributed by atoms with E-state index in [1.54, 1.807) is 17.2 Å². The molecule has 1 aromatic heterocycles. The lowest BCUT2D eigenvalue weighted by Gasteiger charge is -2.30. The molecule has 0 bridgehead atoms. The first-order chi connectivity index (χ1) is 20.3. The molecule has 0 radical (unpaired) electrons. The number of aromatic nitrogens is 1. The third-order valence-electron chi connectivity index (χ3n) is 6.50. The maximum atomic E-state index is 15.1. The number of nitrogens with one attached hydrogen (secondary N) is 2. The molecule has 10 nitrogen and oxygen atoms in total. The van der Waals surface area contributed by atoms with Gasteiger partial charge in [0, 0.05) is 68.0 Å². The van der Waals surface area contributed by atoms with Gasteiger partial charge in [0.15, 0.2) is 17.8 Å². The van der Waals surface area contributed by atoms with Gasteiger partial charge in [-0.3, -0.25) is 9.59 Å². The molecule has 214 valence electrons. The maximum absolute atomic E-state index is 15.1. The zero-order valence-corrected chi connectivity index (χ0v) is 22.2. The molecule has 3 aromatic rings. The Morgan fingerprint density at radius 2 is 1.86 bits per heavy atom. The van der Waals surface area contributed by atoms with Crippen LogP contribution in [0.1, 0.15) is 5.56 Å². The highest BCUT2D eigenvalue weighted by atomic mass is 19.1. The number of carbonyl (C=O) groups excluding carboxylic acids is 2.